The maximum absolute atomic E-state index is 12.2. The number of carbonyl (C=O) groups excluding carboxylic acids is 3. The van der Waals surface area contributed by atoms with E-state index in [4.69, 9.17) is 33.7 Å². The molecule has 0 saturated carbocycles. The van der Waals surface area contributed by atoms with E-state index in [1.807, 2.05) is 0 Å². The fourth-order valence-corrected chi connectivity index (χ4v) is 3.03. The first-order valence-corrected chi connectivity index (χ1v) is 9.03. The average molecular weight is 413 g/mol. The Balaban J connectivity index is 1.97. The van der Waals surface area contributed by atoms with E-state index in [0.29, 0.717) is 15.6 Å². The Bertz CT molecular complexity index is 845. The van der Waals surface area contributed by atoms with E-state index >= 15 is 0 Å². The molecule has 0 heterocycles. The predicted octanol–water partition coefficient (Wildman–Crippen LogP) is 3.37. The summed E-state index contributed by atoms with van der Waals surface area (Å²) >= 11 is 13.0. The second-order valence-electron chi connectivity index (χ2n) is 4.98. The predicted molar refractivity (Wildman–Crippen MR) is 102 cm³/mol. The van der Waals surface area contributed by atoms with Crippen molar-refractivity contribution in [3.8, 4) is 0 Å². The monoisotopic (exact) mass is 412 g/mol. The van der Waals surface area contributed by atoms with Gasteiger partial charge in [0.15, 0.2) is 6.61 Å². The molecule has 0 aliphatic rings. The van der Waals surface area contributed by atoms with E-state index in [2.05, 4.69) is 5.32 Å². The van der Waals surface area contributed by atoms with Gasteiger partial charge in [-0.15, -0.1) is 11.8 Å². The van der Waals surface area contributed by atoms with Crippen LogP contribution in [-0.2, 0) is 14.3 Å². The van der Waals surface area contributed by atoms with Gasteiger partial charge in [0, 0.05) is 4.90 Å². The lowest BCUT2D eigenvalue weighted by Gasteiger charge is -2.10. The smallest absolute Gasteiger partial charge is 0.339 e. The zero-order chi connectivity index (χ0) is 19.1. The number of nitrogens with two attached hydrogens (primary N) is 1. The van der Waals surface area contributed by atoms with Crippen molar-refractivity contribution in [2.75, 3.05) is 17.7 Å². The van der Waals surface area contributed by atoms with Gasteiger partial charge in [0.1, 0.15) is 0 Å². The van der Waals surface area contributed by atoms with Crippen LogP contribution in [0, 0.1) is 0 Å². The van der Waals surface area contributed by atoms with Gasteiger partial charge in [-0.2, -0.15) is 0 Å². The highest BCUT2D eigenvalue weighted by Gasteiger charge is 2.16. The van der Waals surface area contributed by atoms with Crippen LogP contribution in [0.25, 0.3) is 0 Å². The van der Waals surface area contributed by atoms with Crippen LogP contribution in [0.1, 0.15) is 10.4 Å². The second kappa shape index (κ2) is 9.47. The zero-order valence-corrected chi connectivity index (χ0v) is 15.7. The van der Waals surface area contributed by atoms with Gasteiger partial charge in [-0.1, -0.05) is 41.4 Å². The summed E-state index contributed by atoms with van der Waals surface area (Å²) in [4.78, 5) is 35.6. The van der Waals surface area contributed by atoms with E-state index in [-0.39, 0.29) is 16.3 Å². The van der Waals surface area contributed by atoms with E-state index in [0.717, 1.165) is 11.8 Å². The minimum absolute atomic E-state index is 0.0258. The minimum atomic E-state index is -0.690. The highest BCUT2D eigenvalue weighted by molar-refractivity contribution is 8.00. The highest BCUT2D eigenvalue weighted by atomic mass is 35.5. The SMILES string of the molecule is NC(=O)CSc1ccccc1C(=O)OCC(=O)Nc1cccc(Cl)c1Cl. The molecule has 2 aromatic carbocycles. The van der Waals surface area contributed by atoms with Crippen LogP contribution in [0.4, 0.5) is 5.69 Å². The molecule has 2 rings (SSSR count). The number of anilines is 1. The van der Waals surface area contributed by atoms with Gasteiger partial charge in [-0.3, -0.25) is 9.59 Å². The number of amides is 2. The molecule has 0 aromatic heterocycles. The lowest BCUT2D eigenvalue weighted by Crippen LogP contribution is -2.21. The van der Waals surface area contributed by atoms with E-state index in [1.54, 1.807) is 36.4 Å². The lowest BCUT2D eigenvalue weighted by molar-refractivity contribution is -0.119. The molecule has 0 spiro atoms. The Morgan fingerprint density at radius 1 is 1.08 bits per heavy atom. The molecule has 0 unspecified atom stereocenters. The quantitative estimate of drug-likeness (QED) is 0.536. The number of halogens is 2. The van der Waals surface area contributed by atoms with Crippen LogP contribution < -0.4 is 11.1 Å². The van der Waals surface area contributed by atoms with Crippen LogP contribution in [-0.4, -0.2) is 30.1 Å². The van der Waals surface area contributed by atoms with Crippen molar-refractivity contribution < 1.29 is 19.1 Å². The number of hydrogen-bond acceptors (Lipinski definition) is 5. The molecule has 9 heteroatoms. The van der Waals surface area contributed by atoms with E-state index in [1.165, 1.54) is 6.07 Å². The summed E-state index contributed by atoms with van der Waals surface area (Å²) < 4.78 is 5.02. The van der Waals surface area contributed by atoms with Crippen molar-refractivity contribution in [3.63, 3.8) is 0 Å². The van der Waals surface area contributed by atoms with Crippen molar-refractivity contribution in [1.82, 2.24) is 0 Å². The number of benzene rings is 2. The average Bonchev–Trinajstić information content (AvgIpc) is 2.62. The summed E-state index contributed by atoms with van der Waals surface area (Å²) in [5.41, 5.74) is 5.67. The molecule has 26 heavy (non-hydrogen) atoms. The fraction of sp³-hybridized carbons (Fsp3) is 0.118. The fourth-order valence-electron chi connectivity index (χ4n) is 1.91. The highest BCUT2D eigenvalue weighted by Crippen LogP contribution is 2.29. The van der Waals surface area contributed by atoms with Gasteiger partial charge < -0.3 is 15.8 Å². The standard InChI is InChI=1S/C17H14Cl2N2O4S/c18-11-5-3-6-12(16(11)19)21-15(23)8-25-17(24)10-4-1-2-7-13(10)26-9-14(20)22/h1-7H,8-9H2,(H2,20,22)(H,21,23). The molecule has 0 saturated heterocycles. The Kier molecular flexibility index (Phi) is 7.32. The van der Waals surface area contributed by atoms with Gasteiger partial charge in [-0.25, -0.2) is 4.79 Å². The van der Waals surface area contributed by atoms with Crippen LogP contribution in [0.2, 0.25) is 10.0 Å². The first-order chi connectivity index (χ1) is 12.4. The number of nitrogens with one attached hydrogen (secondary N) is 1. The molecule has 2 amide bonds. The van der Waals surface area contributed by atoms with Crippen molar-refractivity contribution in [3.05, 3.63) is 58.1 Å². The number of carbonyl (C=O) groups is 3. The maximum Gasteiger partial charge on any atom is 0.339 e. The van der Waals surface area contributed by atoms with Crippen LogP contribution in [0.3, 0.4) is 0 Å². The first kappa shape index (κ1) is 20.1. The van der Waals surface area contributed by atoms with Gasteiger partial charge in [-0.05, 0) is 24.3 Å². The number of thioether (sulfide) groups is 1. The third-order valence-electron chi connectivity index (χ3n) is 3.04. The summed E-state index contributed by atoms with van der Waals surface area (Å²) in [6, 6.07) is 11.4. The first-order valence-electron chi connectivity index (χ1n) is 7.29. The van der Waals surface area contributed by atoms with Crippen molar-refractivity contribution in [2.24, 2.45) is 5.73 Å². The molecule has 0 atom stereocenters. The third kappa shape index (κ3) is 5.66. The molecule has 2 aromatic rings. The van der Waals surface area contributed by atoms with Gasteiger partial charge in [0.05, 0.1) is 27.0 Å². The Labute approximate surface area is 164 Å². The number of ether oxygens (including phenoxy) is 1. The molecule has 0 radical (unpaired) electrons. The summed E-state index contributed by atoms with van der Waals surface area (Å²) in [6.07, 6.45) is 0. The topological polar surface area (TPSA) is 98.5 Å². The Morgan fingerprint density at radius 2 is 1.81 bits per heavy atom. The summed E-state index contributed by atoms with van der Waals surface area (Å²) in [5, 5.41) is 3.00. The third-order valence-corrected chi connectivity index (χ3v) is 4.95. The number of primary amides is 1. The summed E-state index contributed by atoms with van der Waals surface area (Å²) in [7, 11) is 0. The lowest BCUT2D eigenvalue weighted by atomic mass is 10.2. The minimum Gasteiger partial charge on any atom is -0.452 e. The molecule has 136 valence electrons. The number of hydrogen-bond donors (Lipinski definition) is 2. The molecule has 0 bridgehead atoms. The van der Waals surface area contributed by atoms with Crippen molar-refractivity contribution in [2.45, 2.75) is 4.90 Å². The number of rotatable bonds is 7. The van der Waals surface area contributed by atoms with Gasteiger partial charge in [0.2, 0.25) is 5.91 Å². The maximum atomic E-state index is 12.2. The van der Waals surface area contributed by atoms with Gasteiger partial charge >= 0.3 is 5.97 Å². The normalized spacial score (nSPS) is 10.2. The Hall–Kier alpha value is -2.22. The second-order valence-corrected chi connectivity index (χ2v) is 6.78. The van der Waals surface area contributed by atoms with Crippen LogP contribution >= 0.6 is 35.0 Å². The summed E-state index contributed by atoms with van der Waals surface area (Å²) in [6.45, 7) is -0.503. The van der Waals surface area contributed by atoms with E-state index in [9.17, 15) is 14.4 Å². The Morgan fingerprint density at radius 3 is 2.54 bits per heavy atom. The van der Waals surface area contributed by atoms with Crippen molar-refractivity contribution >= 4 is 58.4 Å². The molecule has 6 nitrogen and oxygen atoms in total. The number of esters is 1. The zero-order valence-electron chi connectivity index (χ0n) is 13.3. The van der Waals surface area contributed by atoms with Crippen LogP contribution in [0.15, 0.2) is 47.4 Å². The molecule has 0 fully saturated rings. The van der Waals surface area contributed by atoms with E-state index < -0.39 is 24.4 Å². The molecule has 0 aliphatic heterocycles. The summed E-state index contributed by atoms with van der Waals surface area (Å²) in [5.74, 6) is -1.73. The van der Waals surface area contributed by atoms with Gasteiger partial charge in [0.25, 0.3) is 5.91 Å². The van der Waals surface area contributed by atoms with Crippen LogP contribution in [0.5, 0.6) is 0 Å². The molecular weight excluding hydrogens is 399 g/mol. The molecule has 3 N–H and O–H groups in total. The van der Waals surface area contributed by atoms with Crippen molar-refractivity contribution in [1.29, 1.82) is 0 Å². The molecular formula is C17H14Cl2N2O4S. The largest absolute Gasteiger partial charge is 0.452 e. The molecule has 0 aliphatic carbocycles.